The Balaban J connectivity index is 3.09. The van der Waals surface area contributed by atoms with Crippen LogP contribution in [0.5, 0.6) is 0 Å². The minimum atomic E-state index is -0.452. The summed E-state index contributed by atoms with van der Waals surface area (Å²) in [4.78, 5) is 28.3. The second kappa shape index (κ2) is 4.61. The zero-order valence-corrected chi connectivity index (χ0v) is 10.2. The molecule has 0 radical (unpaired) electrons. The van der Waals surface area contributed by atoms with Crippen molar-refractivity contribution in [2.75, 3.05) is 5.48 Å². The Morgan fingerprint density at radius 2 is 1.94 bits per heavy atom. The number of rotatable bonds is 3. The third kappa shape index (κ3) is 1.60. The molecular weight excluding hydrogens is 236 g/mol. The third-order valence-electron chi connectivity index (χ3n) is 2.86. The minimum absolute atomic E-state index is 0.211. The molecule has 0 aliphatic carbocycles. The van der Waals surface area contributed by atoms with Crippen molar-refractivity contribution in [1.29, 1.82) is 0 Å². The number of nitrogens with zero attached hydrogens (tertiary/aromatic N) is 3. The van der Waals surface area contributed by atoms with Gasteiger partial charge in [0.05, 0.1) is 5.69 Å². The van der Waals surface area contributed by atoms with Gasteiger partial charge in [0.2, 0.25) is 0 Å². The topological polar surface area (TPSA) is 89.2 Å². The summed E-state index contributed by atoms with van der Waals surface area (Å²) < 4.78 is 2.52. The quantitative estimate of drug-likeness (QED) is 0.770. The van der Waals surface area contributed by atoms with Crippen molar-refractivity contribution < 1.29 is 5.21 Å². The van der Waals surface area contributed by atoms with E-state index in [1.807, 2.05) is 5.48 Å². The van der Waals surface area contributed by atoms with Gasteiger partial charge in [0.25, 0.3) is 5.56 Å². The lowest BCUT2D eigenvalue weighted by Crippen LogP contribution is -2.40. The molecule has 0 fully saturated rings. The Labute approximate surface area is 102 Å². The van der Waals surface area contributed by atoms with E-state index >= 15 is 0 Å². The maximum atomic E-state index is 12.2. The molecule has 0 aliphatic rings. The molecule has 7 heteroatoms. The van der Waals surface area contributed by atoms with Gasteiger partial charge < -0.3 is 0 Å². The van der Waals surface area contributed by atoms with Crippen LogP contribution in [0.25, 0.3) is 11.0 Å². The summed E-state index contributed by atoms with van der Waals surface area (Å²) in [6.07, 6.45) is 1.43. The molecule has 0 spiro atoms. The molecule has 0 bridgehead atoms. The second-order valence-corrected chi connectivity index (χ2v) is 3.75. The lowest BCUT2D eigenvalue weighted by atomic mass is 10.2. The van der Waals surface area contributed by atoms with E-state index in [1.165, 1.54) is 16.8 Å². The van der Waals surface area contributed by atoms with Crippen molar-refractivity contribution in [3.05, 3.63) is 33.1 Å². The first-order valence-corrected chi connectivity index (χ1v) is 5.68. The van der Waals surface area contributed by atoms with Crippen LogP contribution in [0.3, 0.4) is 0 Å². The summed E-state index contributed by atoms with van der Waals surface area (Å²) in [7, 11) is 0. The van der Waals surface area contributed by atoms with Crippen LogP contribution in [-0.4, -0.2) is 19.3 Å². The molecule has 2 aromatic rings. The molecule has 2 heterocycles. The van der Waals surface area contributed by atoms with Gasteiger partial charge in [0, 0.05) is 19.3 Å². The van der Waals surface area contributed by atoms with Gasteiger partial charge in [0.1, 0.15) is 5.39 Å². The van der Waals surface area contributed by atoms with Gasteiger partial charge in [-0.15, -0.1) is 0 Å². The highest BCUT2D eigenvalue weighted by Crippen LogP contribution is 2.15. The minimum Gasteiger partial charge on any atom is -0.291 e. The molecule has 18 heavy (non-hydrogen) atoms. The van der Waals surface area contributed by atoms with E-state index < -0.39 is 5.56 Å². The highest BCUT2D eigenvalue weighted by Gasteiger charge is 2.15. The van der Waals surface area contributed by atoms with Gasteiger partial charge >= 0.3 is 5.69 Å². The molecule has 7 nitrogen and oxygen atoms in total. The third-order valence-corrected chi connectivity index (χ3v) is 2.86. The molecule has 0 unspecified atom stereocenters. The molecular formula is C11H14N4O3. The number of hydrogen-bond acceptors (Lipinski definition) is 5. The molecule has 2 rings (SSSR count). The normalized spacial score (nSPS) is 10.8. The molecule has 0 aliphatic heterocycles. The number of hydrogen-bond donors (Lipinski definition) is 2. The van der Waals surface area contributed by atoms with Gasteiger partial charge in [-0.05, 0) is 19.9 Å². The van der Waals surface area contributed by atoms with Crippen LogP contribution < -0.4 is 16.7 Å². The monoisotopic (exact) mass is 250 g/mol. The number of pyridine rings is 1. The summed E-state index contributed by atoms with van der Waals surface area (Å²) in [5.74, 6) is 0. The number of anilines is 1. The Morgan fingerprint density at radius 1 is 1.28 bits per heavy atom. The Morgan fingerprint density at radius 3 is 2.50 bits per heavy atom. The van der Waals surface area contributed by atoms with Gasteiger partial charge in [-0.25, -0.2) is 9.78 Å². The van der Waals surface area contributed by atoms with E-state index in [0.29, 0.717) is 6.54 Å². The van der Waals surface area contributed by atoms with Crippen molar-refractivity contribution >= 4 is 16.7 Å². The lowest BCUT2D eigenvalue weighted by molar-refractivity contribution is 0.389. The van der Waals surface area contributed by atoms with E-state index in [4.69, 9.17) is 5.21 Å². The van der Waals surface area contributed by atoms with Crippen LogP contribution in [-0.2, 0) is 13.1 Å². The predicted octanol–water partition coefficient (Wildman–Crippen LogP) is 0.399. The van der Waals surface area contributed by atoms with Gasteiger partial charge in [-0.3, -0.25) is 24.6 Å². The summed E-state index contributed by atoms with van der Waals surface area (Å²) in [6, 6.07) is 1.48. The summed E-state index contributed by atoms with van der Waals surface area (Å²) in [6.45, 7) is 4.19. The van der Waals surface area contributed by atoms with E-state index in [9.17, 15) is 9.59 Å². The first kappa shape index (κ1) is 12.3. The molecule has 0 saturated heterocycles. The standard InChI is InChI=1S/C11H14N4O3/c1-3-14-9-8(7(13-18)5-6-12-9)10(16)15(4-2)11(14)17/h5-6,18H,3-4H2,1-2H3,(H,12,13). The second-order valence-electron chi connectivity index (χ2n) is 3.75. The van der Waals surface area contributed by atoms with E-state index in [2.05, 4.69) is 4.98 Å². The van der Waals surface area contributed by atoms with Crippen molar-refractivity contribution in [2.45, 2.75) is 26.9 Å². The van der Waals surface area contributed by atoms with Crippen LogP contribution in [0.1, 0.15) is 13.8 Å². The molecule has 0 aromatic carbocycles. The molecule has 0 atom stereocenters. The maximum Gasteiger partial charge on any atom is 0.332 e. The van der Waals surface area contributed by atoms with Gasteiger partial charge in [-0.1, -0.05) is 0 Å². The maximum absolute atomic E-state index is 12.2. The van der Waals surface area contributed by atoms with Gasteiger partial charge in [-0.2, -0.15) is 0 Å². The number of aromatic nitrogens is 3. The van der Waals surface area contributed by atoms with Crippen molar-refractivity contribution in [1.82, 2.24) is 14.1 Å². The van der Waals surface area contributed by atoms with E-state index in [1.54, 1.807) is 13.8 Å². The van der Waals surface area contributed by atoms with Crippen LogP contribution in [0.15, 0.2) is 21.9 Å². The van der Waals surface area contributed by atoms with Crippen LogP contribution >= 0.6 is 0 Å². The number of fused-ring (bicyclic) bond motifs is 1. The SMILES string of the molecule is CCn1c(=O)c2c(NO)ccnc2n(CC)c1=O. The molecule has 96 valence electrons. The van der Waals surface area contributed by atoms with Crippen molar-refractivity contribution in [3.63, 3.8) is 0 Å². The average molecular weight is 250 g/mol. The fraction of sp³-hybridized carbons (Fsp3) is 0.364. The average Bonchev–Trinajstić information content (AvgIpc) is 2.39. The van der Waals surface area contributed by atoms with Crippen LogP contribution in [0, 0.1) is 0 Å². The van der Waals surface area contributed by atoms with E-state index in [-0.39, 0.29) is 29.0 Å². The molecule has 0 amide bonds. The van der Waals surface area contributed by atoms with Crippen LogP contribution in [0.4, 0.5) is 5.69 Å². The fourth-order valence-corrected chi connectivity index (χ4v) is 1.98. The first-order chi connectivity index (χ1) is 8.65. The Kier molecular flexibility index (Phi) is 3.15. The Hall–Kier alpha value is -2.15. The smallest absolute Gasteiger partial charge is 0.291 e. The van der Waals surface area contributed by atoms with E-state index in [0.717, 1.165) is 4.57 Å². The fourth-order valence-electron chi connectivity index (χ4n) is 1.98. The zero-order chi connectivity index (χ0) is 13.3. The van der Waals surface area contributed by atoms with Crippen molar-refractivity contribution in [2.24, 2.45) is 0 Å². The molecule has 0 saturated carbocycles. The Bertz CT molecular complexity index is 702. The van der Waals surface area contributed by atoms with Crippen LogP contribution in [0.2, 0.25) is 0 Å². The van der Waals surface area contributed by atoms with Crippen molar-refractivity contribution in [3.8, 4) is 0 Å². The van der Waals surface area contributed by atoms with Gasteiger partial charge in [0.15, 0.2) is 5.65 Å². The number of aryl methyl sites for hydroxylation is 1. The molecule has 2 N–H and O–H groups in total. The first-order valence-electron chi connectivity index (χ1n) is 5.68. The predicted molar refractivity (Wildman–Crippen MR) is 67.0 cm³/mol. The largest absolute Gasteiger partial charge is 0.332 e. The molecule has 2 aromatic heterocycles. The zero-order valence-electron chi connectivity index (χ0n) is 10.2. The highest BCUT2D eigenvalue weighted by molar-refractivity contribution is 5.87. The highest BCUT2D eigenvalue weighted by atomic mass is 16.5. The summed E-state index contributed by atoms with van der Waals surface area (Å²) in [5, 5.41) is 9.25. The summed E-state index contributed by atoms with van der Waals surface area (Å²) in [5.41, 5.74) is 1.64. The lowest BCUT2D eigenvalue weighted by Gasteiger charge is -2.12. The number of nitrogens with one attached hydrogen (secondary N) is 1. The summed E-state index contributed by atoms with van der Waals surface area (Å²) >= 11 is 0.